The Balaban J connectivity index is 1.34. The summed E-state index contributed by atoms with van der Waals surface area (Å²) in [6.45, 7) is 4.56. The molecule has 2 aliphatic rings. The van der Waals surface area contributed by atoms with Gasteiger partial charge in [-0.15, -0.1) is 0 Å². The van der Waals surface area contributed by atoms with Crippen LogP contribution in [0.2, 0.25) is 0 Å². The topological polar surface area (TPSA) is 28.5 Å². The van der Waals surface area contributed by atoms with E-state index < -0.39 is 0 Å². The summed E-state index contributed by atoms with van der Waals surface area (Å²) >= 11 is 0. The summed E-state index contributed by atoms with van der Waals surface area (Å²) < 4.78 is 15.3. The van der Waals surface area contributed by atoms with E-state index in [9.17, 15) is 9.18 Å². The number of hydrogen-bond acceptors (Lipinski definition) is 2. The zero-order chi connectivity index (χ0) is 18.1. The van der Waals surface area contributed by atoms with Gasteiger partial charge >= 0.3 is 0 Å². The van der Waals surface area contributed by atoms with Crippen LogP contribution in [-0.4, -0.2) is 46.5 Å². The van der Waals surface area contributed by atoms with Crippen molar-refractivity contribution in [3.8, 4) is 0 Å². The molecule has 138 valence electrons. The van der Waals surface area contributed by atoms with Crippen molar-refractivity contribution in [3.05, 3.63) is 59.7 Å². The minimum absolute atomic E-state index is 0.150. The zero-order valence-electron chi connectivity index (χ0n) is 15.3. The molecule has 1 aromatic carbocycles. The van der Waals surface area contributed by atoms with E-state index in [0.717, 1.165) is 63.2 Å². The Labute approximate surface area is 154 Å². The average Bonchev–Trinajstić information content (AvgIpc) is 3.24. The molecule has 0 atom stereocenters. The molecule has 2 aromatic rings. The van der Waals surface area contributed by atoms with Gasteiger partial charge in [-0.1, -0.05) is 12.1 Å². The number of rotatable bonds is 3. The van der Waals surface area contributed by atoms with Gasteiger partial charge in [0.05, 0.1) is 0 Å². The molecule has 4 nitrogen and oxygen atoms in total. The van der Waals surface area contributed by atoms with Crippen LogP contribution >= 0.6 is 0 Å². The van der Waals surface area contributed by atoms with Gasteiger partial charge in [0, 0.05) is 32.9 Å². The van der Waals surface area contributed by atoms with Crippen molar-refractivity contribution in [3.63, 3.8) is 0 Å². The van der Waals surface area contributed by atoms with Crippen LogP contribution in [0.1, 0.15) is 35.3 Å². The number of aromatic nitrogens is 1. The van der Waals surface area contributed by atoms with E-state index in [1.165, 1.54) is 6.07 Å². The zero-order valence-corrected chi connectivity index (χ0v) is 15.3. The average molecular weight is 355 g/mol. The Kier molecular flexibility index (Phi) is 4.57. The first-order valence-electron chi connectivity index (χ1n) is 9.42. The maximum atomic E-state index is 13.4. The van der Waals surface area contributed by atoms with Crippen molar-refractivity contribution in [1.82, 2.24) is 14.4 Å². The molecular formula is C21H26FN3O. The first-order valence-corrected chi connectivity index (χ1v) is 9.42. The molecule has 0 bridgehead atoms. The number of amides is 1. The second kappa shape index (κ2) is 6.88. The van der Waals surface area contributed by atoms with Crippen LogP contribution in [0, 0.1) is 11.2 Å². The molecule has 5 heteroatoms. The third kappa shape index (κ3) is 3.40. The molecule has 1 amide bonds. The minimum atomic E-state index is -0.165. The molecule has 0 N–H and O–H groups in total. The normalized spacial score (nSPS) is 20.0. The summed E-state index contributed by atoms with van der Waals surface area (Å²) in [6.07, 6.45) is 5.24. The lowest BCUT2D eigenvalue weighted by molar-refractivity contribution is 0.0705. The fourth-order valence-corrected chi connectivity index (χ4v) is 4.44. The molecule has 0 radical (unpaired) electrons. The highest BCUT2D eigenvalue weighted by atomic mass is 19.1. The van der Waals surface area contributed by atoms with Crippen LogP contribution in [-0.2, 0) is 13.6 Å². The van der Waals surface area contributed by atoms with Crippen molar-refractivity contribution in [2.75, 3.05) is 26.2 Å². The molecule has 2 aliphatic heterocycles. The highest BCUT2D eigenvalue weighted by molar-refractivity contribution is 5.93. The van der Waals surface area contributed by atoms with E-state index in [2.05, 4.69) is 4.90 Å². The fraction of sp³-hybridized carbons (Fsp3) is 0.476. The maximum absolute atomic E-state index is 13.4. The third-order valence-corrected chi connectivity index (χ3v) is 6.10. The van der Waals surface area contributed by atoms with Gasteiger partial charge in [0.15, 0.2) is 0 Å². The molecule has 0 saturated carbocycles. The van der Waals surface area contributed by atoms with E-state index in [1.54, 1.807) is 12.1 Å². The van der Waals surface area contributed by atoms with Gasteiger partial charge < -0.3 is 9.47 Å². The van der Waals surface area contributed by atoms with Crippen molar-refractivity contribution in [2.45, 2.75) is 25.8 Å². The van der Waals surface area contributed by atoms with Gasteiger partial charge in [0.2, 0.25) is 0 Å². The molecule has 2 fully saturated rings. The van der Waals surface area contributed by atoms with E-state index >= 15 is 0 Å². The lowest BCUT2D eigenvalue weighted by Gasteiger charge is -2.39. The quantitative estimate of drug-likeness (QED) is 0.845. The van der Waals surface area contributed by atoms with Crippen LogP contribution in [0.3, 0.4) is 0 Å². The van der Waals surface area contributed by atoms with Crippen molar-refractivity contribution >= 4 is 5.91 Å². The van der Waals surface area contributed by atoms with Crippen LogP contribution in [0.4, 0.5) is 4.39 Å². The Bertz CT molecular complexity index is 792. The van der Waals surface area contributed by atoms with Crippen molar-refractivity contribution in [1.29, 1.82) is 0 Å². The van der Waals surface area contributed by atoms with Crippen LogP contribution in [0.25, 0.3) is 0 Å². The van der Waals surface area contributed by atoms with Crippen molar-refractivity contribution in [2.24, 2.45) is 12.5 Å². The summed E-state index contributed by atoms with van der Waals surface area (Å²) in [6, 6.07) is 10.7. The number of benzene rings is 1. The van der Waals surface area contributed by atoms with Gasteiger partial charge in [-0.05, 0) is 67.6 Å². The Morgan fingerprint density at radius 3 is 2.58 bits per heavy atom. The number of aryl methyl sites for hydroxylation is 1. The number of hydrogen-bond donors (Lipinski definition) is 0. The van der Waals surface area contributed by atoms with Gasteiger partial charge in [-0.2, -0.15) is 0 Å². The summed E-state index contributed by atoms with van der Waals surface area (Å²) in [4.78, 5) is 17.2. The maximum Gasteiger partial charge on any atom is 0.270 e. The summed E-state index contributed by atoms with van der Waals surface area (Å²) in [7, 11) is 1.92. The third-order valence-electron chi connectivity index (χ3n) is 6.10. The SMILES string of the molecule is Cn1cccc1C(=O)N1CCC2(CCN(Cc3cccc(F)c3)CC2)C1. The number of carbonyl (C=O) groups excluding carboxylic acids is 1. The molecule has 0 unspecified atom stereocenters. The van der Waals surface area contributed by atoms with E-state index in [1.807, 2.05) is 40.9 Å². The van der Waals surface area contributed by atoms with Crippen LogP contribution < -0.4 is 0 Å². The summed E-state index contributed by atoms with van der Waals surface area (Å²) in [5.74, 6) is -0.0156. The Morgan fingerprint density at radius 1 is 1.12 bits per heavy atom. The molecule has 1 aromatic heterocycles. The lowest BCUT2D eigenvalue weighted by atomic mass is 9.77. The van der Waals surface area contributed by atoms with E-state index in [4.69, 9.17) is 0 Å². The molecule has 0 aliphatic carbocycles. The molecule has 3 heterocycles. The highest BCUT2D eigenvalue weighted by Gasteiger charge is 2.42. The lowest BCUT2D eigenvalue weighted by Crippen LogP contribution is -2.42. The Morgan fingerprint density at radius 2 is 1.88 bits per heavy atom. The summed E-state index contributed by atoms with van der Waals surface area (Å²) in [5, 5.41) is 0. The van der Waals surface area contributed by atoms with Crippen LogP contribution in [0.15, 0.2) is 42.6 Å². The highest BCUT2D eigenvalue weighted by Crippen LogP contribution is 2.41. The smallest absolute Gasteiger partial charge is 0.270 e. The van der Waals surface area contributed by atoms with Gasteiger partial charge in [0.25, 0.3) is 5.91 Å². The van der Waals surface area contributed by atoms with Gasteiger partial charge in [-0.3, -0.25) is 9.69 Å². The fourth-order valence-electron chi connectivity index (χ4n) is 4.44. The van der Waals surface area contributed by atoms with Crippen LogP contribution in [0.5, 0.6) is 0 Å². The number of nitrogens with zero attached hydrogens (tertiary/aromatic N) is 3. The van der Waals surface area contributed by atoms with E-state index in [0.29, 0.717) is 0 Å². The second-order valence-corrected chi connectivity index (χ2v) is 7.89. The standard InChI is InChI=1S/C21H26FN3O/c1-23-10-3-6-19(23)20(26)25-13-9-21(16-25)7-11-24(12-8-21)15-17-4-2-5-18(22)14-17/h2-6,10,14H,7-9,11-13,15-16H2,1H3. The predicted molar refractivity (Wildman–Crippen MR) is 99.3 cm³/mol. The first-order chi connectivity index (χ1) is 12.5. The largest absolute Gasteiger partial charge is 0.347 e. The molecule has 4 rings (SSSR count). The number of piperidine rings is 1. The predicted octanol–water partition coefficient (Wildman–Crippen LogP) is 3.29. The van der Waals surface area contributed by atoms with Gasteiger partial charge in [-0.25, -0.2) is 4.39 Å². The molecule has 1 spiro atoms. The van der Waals surface area contributed by atoms with Gasteiger partial charge in [0.1, 0.15) is 11.5 Å². The van der Waals surface area contributed by atoms with Crippen molar-refractivity contribution < 1.29 is 9.18 Å². The second-order valence-electron chi connectivity index (χ2n) is 7.89. The number of likely N-dealkylation sites (tertiary alicyclic amines) is 2. The minimum Gasteiger partial charge on any atom is -0.347 e. The monoisotopic (exact) mass is 355 g/mol. The molecule has 26 heavy (non-hydrogen) atoms. The number of halogens is 1. The van der Waals surface area contributed by atoms with E-state index in [-0.39, 0.29) is 17.1 Å². The molecular weight excluding hydrogens is 329 g/mol. The Hall–Kier alpha value is -2.14. The molecule has 2 saturated heterocycles. The number of carbonyl (C=O) groups is 1. The summed E-state index contributed by atoms with van der Waals surface area (Å²) in [5.41, 5.74) is 2.07. The first kappa shape index (κ1) is 17.3.